The summed E-state index contributed by atoms with van der Waals surface area (Å²) in [4.78, 5) is 8.38. The Balaban J connectivity index is 1.80. The van der Waals surface area contributed by atoms with Crippen molar-refractivity contribution in [3.63, 3.8) is 0 Å². The zero-order chi connectivity index (χ0) is 13.8. The van der Waals surface area contributed by atoms with Gasteiger partial charge in [-0.25, -0.2) is 9.97 Å². The molecule has 0 amide bonds. The van der Waals surface area contributed by atoms with E-state index in [0.717, 1.165) is 12.2 Å². The summed E-state index contributed by atoms with van der Waals surface area (Å²) in [7, 11) is 2.02. The van der Waals surface area contributed by atoms with Crippen molar-refractivity contribution in [2.24, 2.45) is 0 Å². The number of hydrogen-bond donors (Lipinski definition) is 1. The predicted molar refractivity (Wildman–Crippen MR) is 77.5 cm³/mol. The third-order valence-electron chi connectivity index (χ3n) is 3.79. The lowest BCUT2D eigenvalue weighted by Crippen LogP contribution is -2.22. The Hall–Kier alpha value is -1.94. The highest BCUT2D eigenvalue weighted by atomic mass is 16.5. The molecule has 0 aliphatic heterocycles. The summed E-state index contributed by atoms with van der Waals surface area (Å²) in [5.74, 6) is 1.68. The van der Waals surface area contributed by atoms with Crippen molar-refractivity contribution in [3.05, 3.63) is 53.6 Å². The van der Waals surface area contributed by atoms with Gasteiger partial charge in [0, 0.05) is 18.4 Å². The fraction of sp³-hybridized carbons (Fsp3) is 0.375. The number of nitrogens with zero attached hydrogens (tertiary/aromatic N) is 2. The molecule has 104 valence electrons. The SMILES string of the molecule is CNC1CCCc2c(OCc3ncccn3)cccc21. The highest BCUT2D eigenvalue weighted by Crippen LogP contribution is 2.35. The van der Waals surface area contributed by atoms with Crippen molar-refractivity contribution < 1.29 is 4.74 Å². The van der Waals surface area contributed by atoms with E-state index in [1.54, 1.807) is 12.4 Å². The van der Waals surface area contributed by atoms with Gasteiger partial charge in [-0.2, -0.15) is 0 Å². The summed E-state index contributed by atoms with van der Waals surface area (Å²) in [5.41, 5.74) is 2.69. The number of aromatic nitrogens is 2. The fourth-order valence-electron chi connectivity index (χ4n) is 2.80. The van der Waals surface area contributed by atoms with Gasteiger partial charge in [0.1, 0.15) is 12.4 Å². The van der Waals surface area contributed by atoms with Crippen LogP contribution in [-0.2, 0) is 13.0 Å². The molecule has 0 saturated carbocycles. The molecule has 2 aromatic rings. The molecular formula is C16H19N3O. The van der Waals surface area contributed by atoms with Gasteiger partial charge in [-0.05, 0) is 49.6 Å². The maximum atomic E-state index is 5.93. The number of nitrogens with one attached hydrogen (secondary N) is 1. The summed E-state index contributed by atoms with van der Waals surface area (Å²) in [5, 5.41) is 3.38. The number of ether oxygens (including phenoxy) is 1. The number of rotatable bonds is 4. The van der Waals surface area contributed by atoms with E-state index in [2.05, 4.69) is 27.4 Å². The Bertz CT molecular complexity index is 571. The molecule has 0 fully saturated rings. The van der Waals surface area contributed by atoms with Crippen LogP contribution in [0.25, 0.3) is 0 Å². The summed E-state index contributed by atoms with van der Waals surface area (Å²) in [6, 6.07) is 8.55. The zero-order valence-corrected chi connectivity index (χ0v) is 11.7. The maximum Gasteiger partial charge on any atom is 0.166 e. The Kier molecular flexibility index (Phi) is 3.92. The Labute approximate surface area is 119 Å². The lowest BCUT2D eigenvalue weighted by molar-refractivity contribution is 0.290. The first-order valence-electron chi connectivity index (χ1n) is 7.06. The van der Waals surface area contributed by atoms with Crippen LogP contribution in [0, 0.1) is 0 Å². The Morgan fingerprint density at radius 3 is 2.90 bits per heavy atom. The van der Waals surface area contributed by atoms with Crippen LogP contribution in [0.1, 0.15) is 35.8 Å². The molecule has 1 aliphatic rings. The monoisotopic (exact) mass is 269 g/mol. The minimum absolute atomic E-state index is 0.418. The quantitative estimate of drug-likeness (QED) is 0.927. The number of benzene rings is 1. The summed E-state index contributed by atoms with van der Waals surface area (Å²) >= 11 is 0. The van der Waals surface area contributed by atoms with E-state index < -0.39 is 0 Å². The van der Waals surface area contributed by atoms with Crippen LogP contribution in [0.5, 0.6) is 5.75 Å². The average Bonchev–Trinajstić information content (AvgIpc) is 2.53. The molecule has 3 rings (SSSR count). The lowest BCUT2D eigenvalue weighted by Gasteiger charge is -2.26. The molecule has 1 atom stereocenters. The first kappa shape index (κ1) is 13.1. The summed E-state index contributed by atoms with van der Waals surface area (Å²) in [6.45, 7) is 0.418. The van der Waals surface area contributed by atoms with Crippen LogP contribution in [0.4, 0.5) is 0 Å². The molecule has 20 heavy (non-hydrogen) atoms. The van der Waals surface area contributed by atoms with Crippen molar-refractivity contribution in [1.29, 1.82) is 0 Å². The van der Waals surface area contributed by atoms with Crippen molar-refractivity contribution in [2.75, 3.05) is 7.05 Å². The lowest BCUT2D eigenvalue weighted by atomic mass is 9.87. The van der Waals surface area contributed by atoms with E-state index in [1.807, 2.05) is 19.2 Å². The van der Waals surface area contributed by atoms with Gasteiger partial charge in [0.05, 0.1) is 0 Å². The van der Waals surface area contributed by atoms with Gasteiger partial charge < -0.3 is 10.1 Å². The van der Waals surface area contributed by atoms with E-state index >= 15 is 0 Å². The average molecular weight is 269 g/mol. The second-order valence-electron chi connectivity index (χ2n) is 5.01. The first-order valence-corrected chi connectivity index (χ1v) is 7.06. The van der Waals surface area contributed by atoms with Gasteiger partial charge in [0.2, 0.25) is 0 Å². The molecule has 1 heterocycles. The molecular weight excluding hydrogens is 250 g/mol. The molecule has 4 nitrogen and oxygen atoms in total. The van der Waals surface area contributed by atoms with E-state index in [9.17, 15) is 0 Å². The first-order chi connectivity index (χ1) is 9.88. The van der Waals surface area contributed by atoms with Crippen molar-refractivity contribution in [3.8, 4) is 5.75 Å². The molecule has 1 N–H and O–H groups in total. The van der Waals surface area contributed by atoms with E-state index in [0.29, 0.717) is 18.5 Å². The molecule has 0 spiro atoms. The molecule has 0 bridgehead atoms. The van der Waals surface area contributed by atoms with Crippen molar-refractivity contribution >= 4 is 0 Å². The van der Waals surface area contributed by atoms with Crippen molar-refractivity contribution in [2.45, 2.75) is 31.9 Å². The van der Waals surface area contributed by atoms with Gasteiger partial charge in [-0.15, -0.1) is 0 Å². The normalized spacial score (nSPS) is 17.6. The van der Waals surface area contributed by atoms with Crippen LogP contribution in [0.2, 0.25) is 0 Å². The second kappa shape index (κ2) is 6.01. The standard InChI is InChI=1S/C16H19N3O/c1-17-14-7-2-6-13-12(14)5-3-8-15(13)20-11-16-18-9-4-10-19-16/h3-5,8-10,14,17H,2,6-7,11H2,1H3. The molecule has 1 aromatic carbocycles. The fourth-order valence-corrected chi connectivity index (χ4v) is 2.80. The van der Waals surface area contributed by atoms with Crippen LogP contribution in [0.3, 0.4) is 0 Å². The van der Waals surface area contributed by atoms with Crippen LogP contribution >= 0.6 is 0 Å². The Morgan fingerprint density at radius 1 is 1.25 bits per heavy atom. The van der Waals surface area contributed by atoms with E-state index in [-0.39, 0.29) is 0 Å². The predicted octanol–water partition coefficient (Wildman–Crippen LogP) is 2.65. The molecule has 4 heteroatoms. The highest BCUT2D eigenvalue weighted by molar-refractivity contribution is 5.43. The van der Waals surface area contributed by atoms with Crippen LogP contribution in [-0.4, -0.2) is 17.0 Å². The zero-order valence-electron chi connectivity index (χ0n) is 11.7. The third kappa shape index (κ3) is 2.65. The topological polar surface area (TPSA) is 47.0 Å². The Morgan fingerprint density at radius 2 is 2.10 bits per heavy atom. The van der Waals surface area contributed by atoms with Gasteiger partial charge >= 0.3 is 0 Å². The maximum absolute atomic E-state index is 5.93. The molecule has 1 aliphatic carbocycles. The molecule has 1 aromatic heterocycles. The van der Waals surface area contributed by atoms with Crippen LogP contribution in [0.15, 0.2) is 36.7 Å². The molecule has 1 unspecified atom stereocenters. The van der Waals surface area contributed by atoms with Gasteiger partial charge in [-0.3, -0.25) is 0 Å². The highest BCUT2D eigenvalue weighted by Gasteiger charge is 2.21. The smallest absolute Gasteiger partial charge is 0.166 e. The number of hydrogen-bond acceptors (Lipinski definition) is 4. The van der Waals surface area contributed by atoms with Gasteiger partial charge in [0.25, 0.3) is 0 Å². The van der Waals surface area contributed by atoms with E-state index in [1.165, 1.54) is 24.0 Å². The van der Waals surface area contributed by atoms with Gasteiger partial charge in [0.15, 0.2) is 5.82 Å². The number of fused-ring (bicyclic) bond motifs is 1. The van der Waals surface area contributed by atoms with Crippen LogP contribution < -0.4 is 10.1 Å². The summed E-state index contributed by atoms with van der Waals surface area (Å²) in [6.07, 6.45) is 6.95. The minimum atomic E-state index is 0.418. The molecule has 0 radical (unpaired) electrons. The largest absolute Gasteiger partial charge is 0.485 e. The van der Waals surface area contributed by atoms with Gasteiger partial charge in [-0.1, -0.05) is 12.1 Å². The molecule has 0 saturated heterocycles. The van der Waals surface area contributed by atoms with Crippen molar-refractivity contribution in [1.82, 2.24) is 15.3 Å². The third-order valence-corrected chi connectivity index (χ3v) is 3.79. The minimum Gasteiger partial charge on any atom is -0.485 e. The second-order valence-corrected chi connectivity index (χ2v) is 5.01. The van der Waals surface area contributed by atoms with E-state index in [4.69, 9.17) is 4.74 Å². The summed E-state index contributed by atoms with van der Waals surface area (Å²) < 4.78 is 5.93.